The van der Waals surface area contributed by atoms with Gasteiger partial charge in [-0.05, 0) is 63.6 Å². The molecular weight excluding hydrogens is 422 g/mol. The predicted octanol–water partition coefficient (Wildman–Crippen LogP) is 5.51. The van der Waals surface area contributed by atoms with Crippen LogP contribution in [0.25, 0.3) is 0 Å². The molecule has 0 bridgehead atoms. The molecule has 0 aliphatic heterocycles. The average molecular weight is 454 g/mol. The fourth-order valence-corrected chi connectivity index (χ4v) is 4.30. The summed E-state index contributed by atoms with van der Waals surface area (Å²) in [6.45, 7) is 9.94. The Balaban J connectivity index is 1.64. The number of hydrogen-bond acceptors (Lipinski definition) is 3. The Morgan fingerprint density at radius 3 is 2.38 bits per heavy atom. The van der Waals surface area contributed by atoms with Crippen molar-refractivity contribution in [1.82, 2.24) is 9.88 Å². The van der Waals surface area contributed by atoms with Crippen LogP contribution in [-0.2, 0) is 13.1 Å². The number of benzene rings is 2. The molecule has 1 aromatic heterocycles. The number of nitrogens with zero attached hydrogens (tertiary/aromatic N) is 2. The van der Waals surface area contributed by atoms with Crippen LogP contribution in [0.1, 0.15) is 46.2 Å². The van der Waals surface area contributed by atoms with Crippen molar-refractivity contribution in [3.8, 4) is 0 Å². The number of nitrogens with one attached hydrogen (secondary N) is 1. The summed E-state index contributed by atoms with van der Waals surface area (Å²) >= 11 is 6.00. The van der Waals surface area contributed by atoms with Crippen LogP contribution in [-0.4, -0.2) is 35.3 Å². The van der Waals surface area contributed by atoms with Gasteiger partial charge in [0.05, 0.1) is 5.56 Å². The summed E-state index contributed by atoms with van der Waals surface area (Å²) in [6, 6.07) is 18.1. The van der Waals surface area contributed by atoms with Crippen LogP contribution in [0.5, 0.6) is 0 Å². The van der Waals surface area contributed by atoms with E-state index >= 15 is 0 Å². The molecule has 0 unspecified atom stereocenters. The number of aromatic nitrogens is 1. The minimum atomic E-state index is -0.876. The molecular formula is C26H32ClN3O2. The van der Waals surface area contributed by atoms with Crippen LogP contribution in [0, 0.1) is 13.8 Å². The van der Waals surface area contributed by atoms with Crippen LogP contribution in [0.3, 0.4) is 0 Å². The molecule has 0 spiro atoms. The number of carboxylic acids is 1. The molecule has 0 radical (unpaired) electrons. The zero-order valence-electron chi connectivity index (χ0n) is 19.1. The quantitative estimate of drug-likeness (QED) is 0.376. The Hall–Kier alpha value is -2.76. The van der Waals surface area contributed by atoms with Gasteiger partial charge in [0.25, 0.3) is 0 Å². The molecule has 2 aromatic carbocycles. The molecule has 0 saturated carbocycles. The third-order valence-corrected chi connectivity index (χ3v) is 6.22. The molecule has 0 saturated heterocycles. The second kappa shape index (κ2) is 11.2. The normalized spacial score (nSPS) is 11.0. The first-order valence-corrected chi connectivity index (χ1v) is 11.5. The highest BCUT2D eigenvalue weighted by Gasteiger charge is 2.22. The fraction of sp³-hybridized carbons (Fsp3) is 0.346. The maximum absolute atomic E-state index is 12.0. The lowest BCUT2D eigenvalue weighted by Gasteiger charge is -2.23. The molecule has 0 aliphatic carbocycles. The lowest BCUT2D eigenvalue weighted by atomic mass is 10.1. The summed E-state index contributed by atoms with van der Waals surface area (Å²) in [5, 5.41) is 14.0. The molecule has 6 heteroatoms. The van der Waals surface area contributed by atoms with Gasteiger partial charge in [0.2, 0.25) is 0 Å². The zero-order valence-corrected chi connectivity index (χ0v) is 19.8. The van der Waals surface area contributed by atoms with Crippen LogP contribution in [0.15, 0.2) is 54.6 Å². The maximum atomic E-state index is 12.0. The van der Waals surface area contributed by atoms with E-state index in [1.54, 1.807) is 0 Å². The zero-order chi connectivity index (χ0) is 23.1. The van der Waals surface area contributed by atoms with E-state index in [0.29, 0.717) is 23.7 Å². The minimum absolute atomic E-state index is 0.406. The molecule has 2 N–H and O–H groups in total. The van der Waals surface area contributed by atoms with Gasteiger partial charge in [-0.3, -0.25) is 0 Å². The molecule has 0 fully saturated rings. The van der Waals surface area contributed by atoms with E-state index in [0.717, 1.165) is 48.6 Å². The van der Waals surface area contributed by atoms with Crippen LogP contribution >= 0.6 is 11.6 Å². The van der Waals surface area contributed by atoms with Gasteiger partial charge in [-0.2, -0.15) is 0 Å². The standard InChI is InChI=1S/C26H32ClN3O2/c1-4-29(23-9-6-5-7-10-23)16-8-15-28-17-24-19(2)30(20(3)25(24)26(31)32)18-21-11-13-22(27)14-12-21/h5-7,9-14,28H,4,8,15-18H2,1-3H3,(H,31,32). The highest BCUT2D eigenvalue weighted by Crippen LogP contribution is 2.24. The molecule has 0 aliphatic rings. The van der Waals surface area contributed by atoms with Crippen molar-refractivity contribution >= 4 is 23.3 Å². The van der Waals surface area contributed by atoms with Crippen molar-refractivity contribution in [3.05, 3.63) is 87.7 Å². The van der Waals surface area contributed by atoms with Crippen molar-refractivity contribution in [2.45, 2.75) is 40.3 Å². The van der Waals surface area contributed by atoms with E-state index in [-0.39, 0.29) is 0 Å². The molecule has 32 heavy (non-hydrogen) atoms. The predicted molar refractivity (Wildman–Crippen MR) is 132 cm³/mol. The smallest absolute Gasteiger partial charge is 0.337 e. The summed E-state index contributed by atoms with van der Waals surface area (Å²) in [4.78, 5) is 14.4. The maximum Gasteiger partial charge on any atom is 0.337 e. The van der Waals surface area contributed by atoms with E-state index in [1.807, 2.05) is 44.2 Å². The number of rotatable bonds is 11. The SMILES string of the molecule is CCN(CCCNCc1c(C(=O)O)c(C)n(Cc2ccc(Cl)cc2)c1C)c1ccccc1. The summed E-state index contributed by atoms with van der Waals surface area (Å²) in [6.07, 6.45) is 0.981. The lowest BCUT2D eigenvalue weighted by Crippen LogP contribution is -2.27. The fourth-order valence-electron chi connectivity index (χ4n) is 4.18. The van der Waals surface area contributed by atoms with E-state index < -0.39 is 5.97 Å². The summed E-state index contributed by atoms with van der Waals surface area (Å²) in [5.74, 6) is -0.876. The van der Waals surface area contributed by atoms with Crippen molar-refractivity contribution in [2.24, 2.45) is 0 Å². The summed E-state index contributed by atoms with van der Waals surface area (Å²) in [7, 11) is 0. The van der Waals surface area contributed by atoms with Gasteiger partial charge in [0.1, 0.15) is 0 Å². The second-order valence-electron chi connectivity index (χ2n) is 7.99. The highest BCUT2D eigenvalue weighted by molar-refractivity contribution is 6.30. The van der Waals surface area contributed by atoms with Crippen molar-refractivity contribution in [2.75, 3.05) is 24.5 Å². The first-order valence-electron chi connectivity index (χ1n) is 11.1. The van der Waals surface area contributed by atoms with Crippen LogP contribution < -0.4 is 10.2 Å². The van der Waals surface area contributed by atoms with Gasteiger partial charge >= 0.3 is 5.97 Å². The first-order chi connectivity index (χ1) is 15.4. The summed E-state index contributed by atoms with van der Waals surface area (Å²) in [5.41, 5.74) is 5.36. The Morgan fingerprint density at radius 1 is 1.06 bits per heavy atom. The number of hydrogen-bond donors (Lipinski definition) is 2. The Morgan fingerprint density at radius 2 is 1.75 bits per heavy atom. The number of aromatic carboxylic acids is 1. The van der Waals surface area contributed by atoms with E-state index in [9.17, 15) is 9.90 Å². The molecule has 3 aromatic rings. The van der Waals surface area contributed by atoms with Gasteiger partial charge in [-0.15, -0.1) is 0 Å². The largest absolute Gasteiger partial charge is 0.478 e. The van der Waals surface area contributed by atoms with Crippen molar-refractivity contribution < 1.29 is 9.90 Å². The van der Waals surface area contributed by atoms with Crippen molar-refractivity contribution in [3.63, 3.8) is 0 Å². The lowest BCUT2D eigenvalue weighted by molar-refractivity contribution is 0.0694. The molecule has 5 nitrogen and oxygen atoms in total. The first kappa shape index (κ1) is 23.9. The van der Waals surface area contributed by atoms with Gasteiger partial charge < -0.3 is 19.9 Å². The third-order valence-electron chi connectivity index (χ3n) is 5.96. The third kappa shape index (κ3) is 5.72. The number of halogens is 1. The minimum Gasteiger partial charge on any atom is -0.478 e. The summed E-state index contributed by atoms with van der Waals surface area (Å²) < 4.78 is 2.08. The Labute approximate surface area is 195 Å². The topological polar surface area (TPSA) is 57.5 Å². The molecule has 3 rings (SSSR count). The molecule has 1 heterocycles. The number of anilines is 1. The van der Waals surface area contributed by atoms with E-state index in [4.69, 9.17) is 11.6 Å². The Kier molecular flexibility index (Phi) is 8.37. The highest BCUT2D eigenvalue weighted by atomic mass is 35.5. The van der Waals surface area contributed by atoms with Gasteiger partial charge in [0, 0.05) is 53.8 Å². The van der Waals surface area contributed by atoms with Crippen LogP contribution in [0.2, 0.25) is 5.02 Å². The van der Waals surface area contributed by atoms with Gasteiger partial charge in [-0.1, -0.05) is 41.9 Å². The molecule has 170 valence electrons. The average Bonchev–Trinajstić information content (AvgIpc) is 3.02. The van der Waals surface area contributed by atoms with Gasteiger partial charge in [-0.25, -0.2) is 4.79 Å². The number of carboxylic acid groups (broad SMARTS) is 1. The Bertz CT molecular complexity index is 1030. The number of para-hydroxylation sites is 1. The molecule has 0 amide bonds. The van der Waals surface area contributed by atoms with E-state index in [2.05, 4.69) is 46.0 Å². The van der Waals surface area contributed by atoms with Crippen LogP contribution in [0.4, 0.5) is 5.69 Å². The monoisotopic (exact) mass is 453 g/mol. The second-order valence-corrected chi connectivity index (χ2v) is 8.42. The van der Waals surface area contributed by atoms with Gasteiger partial charge in [0.15, 0.2) is 0 Å². The number of carbonyl (C=O) groups is 1. The molecule has 0 atom stereocenters. The van der Waals surface area contributed by atoms with Crippen molar-refractivity contribution in [1.29, 1.82) is 0 Å². The van der Waals surface area contributed by atoms with E-state index in [1.165, 1.54) is 5.69 Å².